The summed E-state index contributed by atoms with van der Waals surface area (Å²) in [5.41, 5.74) is 0.420. The predicted molar refractivity (Wildman–Crippen MR) is 66.3 cm³/mol. The van der Waals surface area contributed by atoms with Crippen molar-refractivity contribution in [1.82, 2.24) is 5.32 Å². The molecule has 2 nitrogen and oxygen atoms in total. The van der Waals surface area contributed by atoms with Crippen LogP contribution in [0.2, 0.25) is 0 Å². The quantitative estimate of drug-likeness (QED) is 0.850. The van der Waals surface area contributed by atoms with E-state index in [9.17, 15) is 9.18 Å². The van der Waals surface area contributed by atoms with E-state index in [1.54, 1.807) is 0 Å². The maximum Gasteiger partial charge on any atom is 0.252 e. The second-order valence-electron chi connectivity index (χ2n) is 3.59. The van der Waals surface area contributed by atoms with Gasteiger partial charge in [-0.05, 0) is 40.0 Å². The van der Waals surface area contributed by atoms with Gasteiger partial charge in [0.2, 0.25) is 0 Å². The number of amides is 1. The number of carbonyl (C=O) groups is 1. The molecule has 0 spiro atoms. The van der Waals surface area contributed by atoms with E-state index in [1.165, 1.54) is 18.2 Å². The van der Waals surface area contributed by atoms with Crippen LogP contribution in [0.4, 0.5) is 4.39 Å². The number of rotatable bonds is 4. The van der Waals surface area contributed by atoms with Crippen LogP contribution in [0.3, 0.4) is 0 Å². The maximum absolute atomic E-state index is 12.8. The lowest BCUT2D eigenvalue weighted by Gasteiger charge is -2.10. The Balaban J connectivity index is 2.66. The monoisotopic (exact) mass is 307 g/mol. The zero-order chi connectivity index (χ0) is 12.1. The van der Waals surface area contributed by atoms with Gasteiger partial charge >= 0.3 is 0 Å². The van der Waals surface area contributed by atoms with Gasteiger partial charge in [-0.15, -0.1) is 11.6 Å². The molecule has 0 aliphatic rings. The predicted octanol–water partition coefficient (Wildman–Crippen LogP) is 3.19. The highest BCUT2D eigenvalue weighted by Gasteiger charge is 2.11. The molecule has 0 saturated carbocycles. The molecule has 0 radical (unpaired) electrons. The van der Waals surface area contributed by atoms with Gasteiger partial charge in [-0.1, -0.05) is 6.92 Å². The summed E-state index contributed by atoms with van der Waals surface area (Å²) >= 11 is 8.77. The van der Waals surface area contributed by atoms with Gasteiger partial charge in [0, 0.05) is 16.9 Å². The third-order valence-corrected chi connectivity index (χ3v) is 3.23. The molecule has 1 N–H and O–H groups in total. The zero-order valence-corrected chi connectivity index (χ0v) is 11.1. The first kappa shape index (κ1) is 13.5. The Morgan fingerprint density at radius 1 is 1.62 bits per heavy atom. The molecule has 16 heavy (non-hydrogen) atoms. The molecule has 1 aromatic carbocycles. The van der Waals surface area contributed by atoms with Crippen LogP contribution in [0.1, 0.15) is 17.3 Å². The molecule has 0 heterocycles. The second kappa shape index (κ2) is 6.21. The number of nitrogens with one attached hydrogen (secondary N) is 1. The molecule has 88 valence electrons. The number of hydrogen-bond donors (Lipinski definition) is 1. The van der Waals surface area contributed by atoms with Crippen LogP contribution in [0, 0.1) is 11.7 Å². The SMILES string of the molecule is CC(CCl)CNC(=O)c1ccc(F)cc1Br. The van der Waals surface area contributed by atoms with Gasteiger partial charge in [-0.25, -0.2) is 4.39 Å². The van der Waals surface area contributed by atoms with E-state index in [0.29, 0.717) is 22.5 Å². The van der Waals surface area contributed by atoms with Crippen LogP contribution in [-0.4, -0.2) is 18.3 Å². The summed E-state index contributed by atoms with van der Waals surface area (Å²) in [6.45, 7) is 2.44. The van der Waals surface area contributed by atoms with Gasteiger partial charge in [-0.3, -0.25) is 4.79 Å². The molecule has 0 aliphatic heterocycles. The van der Waals surface area contributed by atoms with E-state index in [2.05, 4.69) is 21.2 Å². The normalized spacial score (nSPS) is 12.2. The van der Waals surface area contributed by atoms with Gasteiger partial charge in [0.25, 0.3) is 5.91 Å². The lowest BCUT2D eigenvalue weighted by molar-refractivity contribution is 0.0948. The number of alkyl halides is 1. The Bertz CT molecular complexity index is 386. The van der Waals surface area contributed by atoms with Gasteiger partial charge in [0.1, 0.15) is 5.82 Å². The lowest BCUT2D eigenvalue weighted by atomic mass is 10.2. The summed E-state index contributed by atoms with van der Waals surface area (Å²) in [6.07, 6.45) is 0. The fourth-order valence-electron chi connectivity index (χ4n) is 1.09. The van der Waals surface area contributed by atoms with Crippen LogP contribution in [0.15, 0.2) is 22.7 Å². The van der Waals surface area contributed by atoms with Crippen molar-refractivity contribution >= 4 is 33.4 Å². The first-order chi connectivity index (χ1) is 7.54. The highest BCUT2D eigenvalue weighted by Crippen LogP contribution is 2.17. The van der Waals surface area contributed by atoms with Gasteiger partial charge in [0.15, 0.2) is 0 Å². The Kier molecular flexibility index (Phi) is 5.22. The summed E-state index contributed by atoms with van der Waals surface area (Å²) in [7, 11) is 0. The maximum atomic E-state index is 12.8. The minimum absolute atomic E-state index is 0.213. The minimum atomic E-state index is -0.377. The van der Waals surface area contributed by atoms with Gasteiger partial charge in [0.05, 0.1) is 5.56 Å². The molecule has 1 unspecified atom stereocenters. The van der Waals surface area contributed by atoms with Gasteiger partial charge in [-0.2, -0.15) is 0 Å². The molecule has 1 atom stereocenters. The third kappa shape index (κ3) is 3.76. The largest absolute Gasteiger partial charge is 0.352 e. The second-order valence-corrected chi connectivity index (χ2v) is 4.76. The summed E-state index contributed by atoms with van der Waals surface area (Å²) in [5, 5.41) is 2.73. The van der Waals surface area contributed by atoms with Crippen molar-refractivity contribution < 1.29 is 9.18 Å². The van der Waals surface area contributed by atoms with Crippen molar-refractivity contribution in [3.05, 3.63) is 34.1 Å². The molecule has 0 aliphatic carbocycles. The molecular formula is C11H12BrClFNO. The molecule has 5 heteroatoms. The number of benzene rings is 1. The Labute approximate surface area is 107 Å². The van der Waals surface area contributed by atoms with Crippen molar-refractivity contribution in [3.63, 3.8) is 0 Å². The fraction of sp³-hybridized carbons (Fsp3) is 0.364. The van der Waals surface area contributed by atoms with Crippen molar-refractivity contribution in [2.75, 3.05) is 12.4 Å². The molecule has 0 saturated heterocycles. The zero-order valence-electron chi connectivity index (χ0n) is 8.77. The first-order valence-corrected chi connectivity index (χ1v) is 6.16. The fourth-order valence-corrected chi connectivity index (χ4v) is 1.73. The van der Waals surface area contributed by atoms with E-state index >= 15 is 0 Å². The summed E-state index contributed by atoms with van der Waals surface area (Å²) in [6, 6.07) is 3.96. The molecule has 1 rings (SSSR count). The smallest absolute Gasteiger partial charge is 0.252 e. The molecule has 0 fully saturated rings. The highest BCUT2D eigenvalue weighted by atomic mass is 79.9. The van der Waals surface area contributed by atoms with E-state index in [1.807, 2.05) is 6.92 Å². The topological polar surface area (TPSA) is 29.1 Å². The minimum Gasteiger partial charge on any atom is -0.352 e. The number of hydrogen-bond acceptors (Lipinski definition) is 1. The average Bonchev–Trinajstić information content (AvgIpc) is 2.25. The average molecular weight is 309 g/mol. The molecule has 0 aromatic heterocycles. The van der Waals surface area contributed by atoms with Crippen LogP contribution in [0.5, 0.6) is 0 Å². The number of halogens is 3. The van der Waals surface area contributed by atoms with Crippen molar-refractivity contribution in [2.24, 2.45) is 5.92 Å². The molecule has 1 aromatic rings. The molecule has 1 amide bonds. The Hall–Kier alpha value is -0.610. The van der Waals surface area contributed by atoms with Crippen molar-refractivity contribution in [2.45, 2.75) is 6.92 Å². The molecule has 0 bridgehead atoms. The Morgan fingerprint density at radius 2 is 2.31 bits per heavy atom. The number of carbonyl (C=O) groups excluding carboxylic acids is 1. The van der Waals surface area contributed by atoms with E-state index in [-0.39, 0.29) is 17.6 Å². The third-order valence-electron chi connectivity index (χ3n) is 2.05. The molecular weight excluding hydrogens is 296 g/mol. The highest BCUT2D eigenvalue weighted by molar-refractivity contribution is 9.10. The first-order valence-electron chi connectivity index (χ1n) is 4.83. The van der Waals surface area contributed by atoms with Crippen molar-refractivity contribution in [3.8, 4) is 0 Å². The summed E-state index contributed by atoms with van der Waals surface area (Å²) < 4.78 is 13.2. The summed E-state index contributed by atoms with van der Waals surface area (Å²) in [5.74, 6) is 0.0939. The van der Waals surface area contributed by atoms with Crippen molar-refractivity contribution in [1.29, 1.82) is 0 Å². The summed E-state index contributed by atoms with van der Waals surface area (Å²) in [4.78, 5) is 11.7. The van der Waals surface area contributed by atoms with E-state index in [0.717, 1.165) is 0 Å². The standard InChI is InChI=1S/C11H12BrClFNO/c1-7(5-13)6-15-11(16)9-3-2-8(14)4-10(9)12/h2-4,7H,5-6H2,1H3,(H,15,16). The van der Waals surface area contributed by atoms with Crippen LogP contribution >= 0.6 is 27.5 Å². The lowest BCUT2D eigenvalue weighted by Crippen LogP contribution is -2.29. The van der Waals surface area contributed by atoms with E-state index in [4.69, 9.17) is 11.6 Å². The van der Waals surface area contributed by atoms with Crippen LogP contribution in [-0.2, 0) is 0 Å². The van der Waals surface area contributed by atoms with Crippen LogP contribution < -0.4 is 5.32 Å². The van der Waals surface area contributed by atoms with Crippen LogP contribution in [0.25, 0.3) is 0 Å². The Morgan fingerprint density at radius 3 is 2.88 bits per heavy atom. The van der Waals surface area contributed by atoms with E-state index < -0.39 is 0 Å². The van der Waals surface area contributed by atoms with Gasteiger partial charge < -0.3 is 5.32 Å².